The highest BCUT2D eigenvalue weighted by molar-refractivity contribution is 5.89. The number of allylic oxidation sites excluding steroid dienone is 1. The van der Waals surface area contributed by atoms with Crippen LogP contribution < -0.4 is 0 Å². The second kappa shape index (κ2) is 7.42. The lowest BCUT2D eigenvalue weighted by Crippen LogP contribution is -2.11. The van der Waals surface area contributed by atoms with Crippen molar-refractivity contribution in [3.05, 3.63) is 84.0 Å². The smallest absolute Gasteiger partial charge is 0.194 e. The maximum absolute atomic E-state index is 15.0. The van der Waals surface area contributed by atoms with E-state index in [0.29, 0.717) is 17.2 Å². The van der Waals surface area contributed by atoms with Crippen molar-refractivity contribution in [3.8, 4) is 11.1 Å². The third-order valence-corrected chi connectivity index (χ3v) is 5.85. The van der Waals surface area contributed by atoms with Crippen molar-refractivity contribution in [2.45, 2.75) is 31.6 Å². The Morgan fingerprint density at radius 3 is 2.11 bits per heavy atom. The Bertz CT molecular complexity index is 1020. The molecule has 144 valence electrons. The van der Waals surface area contributed by atoms with Crippen LogP contribution in [-0.2, 0) is 0 Å². The molecule has 28 heavy (non-hydrogen) atoms. The summed E-state index contributed by atoms with van der Waals surface area (Å²) in [7, 11) is 0. The van der Waals surface area contributed by atoms with E-state index in [1.165, 1.54) is 11.6 Å². The summed E-state index contributed by atoms with van der Waals surface area (Å²) in [4.78, 5) is 0. The van der Waals surface area contributed by atoms with Gasteiger partial charge in [0, 0.05) is 10.9 Å². The van der Waals surface area contributed by atoms with Crippen LogP contribution in [0, 0.1) is 29.2 Å². The van der Waals surface area contributed by atoms with Crippen LogP contribution in [0.5, 0.6) is 0 Å². The van der Waals surface area contributed by atoms with Crippen molar-refractivity contribution in [2.24, 2.45) is 5.92 Å². The molecule has 0 N–H and O–H groups in total. The van der Waals surface area contributed by atoms with Crippen molar-refractivity contribution in [1.82, 2.24) is 0 Å². The van der Waals surface area contributed by atoms with Gasteiger partial charge >= 0.3 is 0 Å². The lowest BCUT2D eigenvalue weighted by atomic mass is 9.78. The van der Waals surface area contributed by atoms with Crippen molar-refractivity contribution in [3.63, 3.8) is 0 Å². The van der Waals surface area contributed by atoms with E-state index in [9.17, 15) is 13.2 Å². The van der Waals surface area contributed by atoms with Crippen LogP contribution in [0.1, 0.15) is 37.2 Å². The Kier molecular flexibility index (Phi) is 4.96. The highest BCUT2D eigenvalue weighted by Crippen LogP contribution is 2.38. The average Bonchev–Trinajstić information content (AvgIpc) is 2.72. The molecule has 1 aliphatic rings. The third-order valence-electron chi connectivity index (χ3n) is 5.85. The zero-order valence-electron chi connectivity index (χ0n) is 15.3. The first-order valence-corrected chi connectivity index (χ1v) is 9.47. The zero-order valence-corrected chi connectivity index (χ0v) is 15.3. The lowest BCUT2D eigenvalue weighted by molar-refractivity contribution is 0.376. The zero-order chi connectivity index (χ0) is 19.8. The van der Waals surface area contributed by atoms with E-state index >= 15 is 4.39 Å². The largest absolute Gasteiger partial charge is 0.206 e. The first kappa shape index (κ1) is 18.7. The van der Waals surface area contributed by atoms with Gasteiger partial charge in [0.15, 0.2) is 17.5 Å². The molecule has 0 amide bonds. The average molecular weight is 384 g/mol. The Morgan fingerprint density at radius 1 is 0.786 bits per heavy atom. The van der Waals surface area contributed by atoms with Crippen LogP contribution in [0.25, 0.3) is 21.9 Å². The van der Waals surface area contributed by atoms with Crippen molar-refractivity contribution >= 4 is 10.8 Å². The number of fused-ring (bicyclic) bond motifs is 1. The molecule has 0 bridgehead atoms. The van der Waals surface area contributed by atoms with E-state index in [-0.39, 0.29) is 11.1 Å². The van der Waals surface area contributed by atoms with Gasteiger partial charge in [-0.3, -0.25) is 0 Å². The Hall–Kier alpha value is -2.62. The van der Waals surface area contributed by atoms with Gasteiger partial charge in [-0.25, -0.2) is 17.6 Å². The van der Waals surface area contributed by atoms with Crippen LogP contribution in [0.15, 0.2) is 55.1 Å². The molecule has 3 aromatic carbocycles. The fraction of sp³-hybridized carbons (Fsp3) is 0.250. The summed E-state index contributed by atoms with van der Waals surface area (Å²) in [6, 6.07) is 10.5. The Labute approximate surface area is 161 Å². The first-order valence-electron chi connectivity index (χ1n) is 9.47. The van der Waals surface area contributed by atoms with Gasteiger partial charge in [-0.05, 0) is 66.2 Å². The van der Waals surface area contributed by atoms with Crippen LogP contribution in [0.3, 0.4) is 0 Å². The first-order chi connectivity index (χ1) is 13.5. The molecule has 3 aromatic rings. The molecular formula is C24H20F4. The molecule has 0 nitrogen and oxygen atoms in total. The third kappa shape index (κ3) is 3.32. The molecule has 0 aliphatic heterocycles. The molecule has 1 aliphatic carbocycles. The summed E-state index contributed by atoms with van der Waals surface area (Å²) < 4.78 is 55.3. The highest BCUT2D eigenvalue weighted by Gasteiger charge is 2.21. The minimum absolute atomic E-state index is 0.0253. The van der Waals surface area contributed by atoms with E-state index in [1.807, 2.05) is 18.2 Å². The summed E-state index contributed by atoms with van der Waals surface area (Å²) in [5, 5.41) is 1.12. The molecular weight excluding hydrogens is 364 g/mol. The fourth-order valence-electron chi connectivity index (χ4n) is 4.19. The monoisotopic (exact) mass is 384 g/mol. The van der Waals surface area contributed by atoms with Gasteiger partial charge in [-0.1, -0.05) is 36.4 Å². The predicted molar refractivity (Wildman–Crippen MR) is 104 cm³/mol. The fourth-order valence-corrected chi connectivity index (χ4v) is 4.19. The van der Waals surface area contributed by atoms with Crippen LogP contribution >= 0.6 is 0 Å². The van der Waals surface area contributed by atoms with E-state index in [2.05, 4.69) is 6.58 Å². The number of benzene rings is 3. The summed E-state index contributed by atoms with van der Waals surface area (Å²) >= 11 is 0. The van der Waals surface area contributed by atoms with Gasteiger partial charge in [0.1, 0.15) is 5.82 Å². The number of hydrogen-bond donors (Lipinski definition) is 0. The second-order valence-electron chi connectivity index (χ2n) is 7.51. The van der Waals surface area contributed by atoms with E-state index in [1.54, 1.807) is 12.1 Å². The number of halogens is 4. The molecule has 4 rings (SSSR count). The lowest BCUT2D eigenvalue weighted by Gasteiger charge is -2.27. The molecule has 0 spiro atoms. The number of hydrogen-bond acceptors (Lipinski definition) is 0. The Morgan fingerprint density at radius 2 is 1.46 bits per heavy atom. The van der Waals surface area contributed by atoms with Gasteiger partial charge in [0.2, 0.25) is 0 Å². The van der Waals surface area contributed by atoms with Crippen molar-refractivity contribution < 1.29 is 17.6 Å². The minimum atomic E-state index is -1.55. The van der Waals surface area contributed by atoms with E-state index in [0.717, 1.165) is 43.2 Å². The van der Waals surface area contributed by atoms with Crippen molar-refractivity contribution in [1.29, 1.82) is 0 Å². The molecule has 0 radical (unpaired) electrons. The van der Waals surface area contributed by atoms with Gasteiger partial charge in [0.25, 0.3) is 0 Å². The van der Waals surface area contributed by atoms with E-state index < -0.39 is 23.3 Å². The summed E-state index contributed by atoms with van der Waals surface area (Å²) in [5.41, 5.74) is 1.20. The quantitative estimate of drug-likeness (QED) is 0.249. The SMILES string of the molecule is C=CC1CCC(c2ccc3c(F)c(-c4cc(F)c(F)c(F)c4)ccc3c2)CC1. The van der Waals surface area contributed by atoms with Gasteiger partial charge in [-0.15, -0.1) is 6.58 Å². The maximum Gasteiger partial charge on any atom is 0.194 e. The minimum Gasteiger partial charge on any atom is -0.206 e. The Balaban J connectivity index is 1.70. The van der Waals surface area contributed by atoms with Gasteiger partial charge in [-0.2, -0.15) is 0 Å². The predicted octanol–water partition coefficient (Wildman–Crippen LogP) is 7.52. The second-order valence-corrected chi connectivity index (χ2v) is 7.51. The summed E-state index contributed by atoms with van der Waals surface area (Å²) in [6.07, 6.45) is 6.41. The van der Waals surface area contributed by atoms with Crippen LogP contribution in [0.4, 0.5) is 17.6 Å². The van der Waals surface area contributed by atoms with E-state index in [4.69, 9.17) is 0 Å². The van der Waals surface area contributed by atoms with Crippen LogP contribution in [-0.4, -0.2) is 0 Å². The normalized spacial score (nSPS) is 19.7. The molecule has 4 heteroatoms. The molecule has 1 fully saturated rings. The molecule has 0 aromatic heterocycles. The molecule has 0 atom stereocenters. The molecule has 0 saturated heterocycles. The molecule has 0 unspecified atom stereocenters. The van der Waals surface area contributed by atoms with Crippen molar-refractivity contribution in [2.75, 3.05) is 0 Å². The number of rotatable bonds is 3. The summed E-state index contributed by atoms with van der Waals surface area (Å²) in [6.45, 7) is 3.87. The standard InChI is InChI=1S/C24H20F4/c1-2-14-3-5-15(6-4-14)16-7-9-19-17(11-16)8-10-20(23(19)27)18-12-21(25)24(28)22(26)13-18/h2,7-15H,1,3-6H2. The van der Waals surface area contributed by atoms with Gasteiger partial charge < -0.3 is 0 Å². The van der Waals surface area contributed by atoms with Gasteiger partial charge in [0.05, 0.1) is 0 Å². The molecule has 0 heterocycles. The van der Waals surface area contributed by atoms with Crippen LogP contribution in [0.2, 0.25) is 0 Å². The highest BCUT2D eigenvalue weighted by atomic mass is 19.2. The summed E-state index contributed by atoms with van der Waals surface area (Å²) in [5.74, 6) is -3.76. The topological polar surface area (TPSA) is 0 Å². The maximum atomic E-state index is 15.0. The molecule has 1 saturated carbocycles.